The molecule has 0 unspecified atom stereocenters. The van der Waals surface area contributed by atoms with Crippen molar-refractivity contribution in [3.8, 4) is 5.75 Å². The highest BCUT2D eigenvalue weighted by molar-refractivity contribution is 6.32. The standard InChI is InChI=1S/C10H12ClNO3/c1-2-14-10(13)6-15-9-4-3-7(12)5-8(9)11/h3-5H,2,6,12H2,1H3. The molecule has 1 aromatic carbocycles. The molecule has 1 aromatic rings. The van der Waals surface area contributed by atoms with Gasteiger partial charge in [-0.25, -0.2) is 4.79 Å². The molecule has 0 aromatic heterocycles. The van der Waals surface area contributed by atoms with Gasteiger partial charge in [0.2, 0.25) is 0 Å². The van der Waals surface area contributed by atoms with Crippen LogP contribution in [0.3, 0.4) is 0 Å². The first-order chi connectivity index (χ1) is 7.13. The molecule has 0 heterocycles. The van der Waals surface area contributed by atoms with E-state index in [2.05, 4.69) is 0 Å². The maximum atomic E-state index is 11.0. The molecule has 15 heavy (non-hydrogen) atoms. The normalized spacial score (nSPS) is 9.73. The van der Waals surface area contributed by atoms with E-state index in [4.69, 9.17) is 26.8 Å². The van der Waals surface area contributed by atoms with Gasteiger partial charge < -0.3 is 15.2 Å². The average Bonchev–Trinajstić information content (AvgIpc) is 2.17. The van der Waals surface area contributed by atoms with Gasteiger partial charge in [0, 0.05) is 5.69 Å². The second kappa shape index (κ2) is 5.46. The van der Waals surface area contributed by atoms with Gasteiger partial charge >= 0.3 is 5.97 Å². The minimum Gasteiger partial charge on any atom is -0.480 e. The van der Waals surface area contributed by atoms with Crippen LogP contribution in [0, 0.1) is 0 Å². The molecule has 0 aliphatic rings. The number of ether oxygens (including phenoxy) is 2. The van der Waals surface area contributed by atoms with Gasteiger partial charge in [-0.1, -0.05) is 11.6 Å². The van der Waals surface area contributed by atoms with Gasteiger partial charge in [-0.3, -0.25) is 0 Å². The molecule has 2 N–H and O–H groups in total. The SMILES string of the molecule is CCOC(=O)COc1ccc(N)cc1Cl. The average molecular weight is 230 g/mol. The maximum Gasteiger partial charge on any atom is 0.344 e. The molecule has 1 rings (SSSR count). The van der Waals surface area contributed by atoms with Crippen LogP contribution < -0.4 is 10.5 Å². The fourth-order valence-corrected chi connectivity index (χ4v) is 1.22. The molecule has 0 fully saturated rings. The third-order valence-corrected chi connectivity index (χ3v) is 1.90. The summed E-state index contributed by atoms with van der Waals surface area (Å²) in [6, 6.07) is 4.81. The zero-order chi connectivity index (χ0) is 11.3. The number of benzene rings is 1. The molecule has 82 valence electrons. The van der Waals surface area contributed by atoms with Gasteiger partial charge in [-0.15, -0.1) is 0 Å². The summed E-state index contributed by atoms with van der Waals surface area (Å²) < 4.78 is 9.84. The van der Waals surface area contributed by atoms with Gasteiger partial charge in [-0.2, -0.15) is 0 Å². The fourth-order valence-electron chi connectivity index (χ4n) is 0.973. The first kappa shape index (κ1) is 11.7. The molecule has 0 aliphatic carbocycles. The lowest BCUT2D eigenvalue weighted by molar-refractivity contribution is -0.145. The summed E-state index contributed by atoms with van der Waals surface area (Å²) in [6.45, 7) is 1.91. The molecular formula is C10H12ClNO3. The summed E-state index contributed by atoms with van der Waals surface area (Å²) >= 11 is 5.83. The Morgan fingerprint density at radius 2 is 2.27 bits per heavy atom. The number of hydrogen-bond acceptors (Lipinski definition) is 4. The van der Waals surface area contributed by atoms with Crippen LogP contribution in [-0.2, 0) is 9.53 Å². The number of esters is 1. The van der Waals surface area contributed by atoms with Crippen LogP contribution in [0.5, 0.6) is 5.75 Å². The zero-order valence-corrected chi connectivity index (χ0v) is 9.08. The molecule has 0 atom stereocenters. The van der Waals surface area contributed by atoms with E-state index < -0.39 is 5.97 Å². The van der Waals surface area contributed by atoms with Crippen LogP contribution in [-0.4, -0.2) is 19.2 Å². The summed E-state index contributed by atoms with van der Waals surface area (Å²) in [5, 5.41) is 0.374. The smallest absolute Gasteiger partial charge is 0.344 e. The molecular weight excluding hydrogens is 218 g/mol. The Labute approximate surface area is 92.9 Å². The molecule has 0 amide bonds. The predicted molar refractivity (Wildman–Crippen MR) is 58.0 cm³/mol. The maximum absolute atomic E-state index is 11.0. The largest absolute Gasteiger partial charge is 0.480 e. The first-order valence-electron chi connectivity index (χ1n) is 4.47. The molecule has 0 spiro atoms. The Hall–Kier alpha value is -1.42. The quantitative estimate of drug-likeness (QED) is 0.633. The lowest BCUT2D eigenvalue weighted by Gasteiger charge is -2.07. The minimum atomic E-state index is -0.426. The number of rotatable bonds is 4. The van der Waals surface area contributed by atoms with Gasteiger partial charge in [0.05, 0.1) is 11.6 Å². The fraction of sp³-hybridized carbons (Fsp3) is 0.300. The number of carbonyl (C=O) groups excluding carboxylic acids is 1. The Balaban J connectivity index is 2.54. The molecule has 0 aliphatic heterocycles. The Bertz CT molecular complexity index is 355. The highest BCUT2D eigenvalue weighted by Gasteiger charge is 2.06. The van der Waals surface area contributed by atoms with E-state index in [1.807, 2.05) is 0 Å². The van der Waals surface area contributed by atoms with E-state index in [9.17, 15) is 4.79 Å². The van der Waals surface area contributed by atoms with Crippen LogP contribution in [0.4, 0.5) is 5.69 Å². The predicted octanol–water partition coefficient (Wildman–Crippen LogP) is 1.86. The Kier molecular flexibility index (Phi) is 4.24. The van der Waals surface area contributed by atoms with Crippen LogP contribution in [0.1, 0.15) is 6.92 Å². The summed E-state index contributed by atoms with van der Waals surface area (Å²) in [5.41, 5.74) is 6.04. The zero-order valence-electron chi connectivity index (χ0n) is 8.33. The second-order valence-corrected chi connectivity index (χ2v) is 3.19. The molecule has 5 heteroatoms. The van der Waals surface area contributed by atoms with Crippen molar-refractivity contribution in [2.45, 2.75) is 6.92 Å². The van der Waals surface area contributed by atoms with E-state index in [1.54, 1.807) is 25.1 Å². The van der Waals surface area contributed by atoms with E-state index in [1.165, 1.54) is 0 Å². The van der Waals surface area contributed by atoms with Crippen LogP contribution >= 0.6 is 11.6 Å². The van der Waals surface area contributed by atoms with E-state index in [-0.39, 0.29) is 6.61 Å². The molecule has 4 nitrogen and oxygen atoms in total. The van der Waals surface area contributed by atoms with Crippen molar-refractivity contribution in [2.75, 3.05) is 18.9 Å². The van der Waals surface area contributed by atoms with Crippen molar-refractivity contribution in [3.05, 3.63) is 23.2 Å². The summed E-state index contributed by atoms with van der Waals surface area (Å²) in [4.78, 5) is 11.0. The molecule has 0 bridgehead atoms. The van der Waals surface area contributed by atoms with Gasteiger partial charge in [0.25, 0.3) is 0 Å². The van der Waals surface area contributed by atoms with Crippen LogP contribution in [0.25, 0.3) is 0 Å². The van der Waals surface area contributed by atoms with Crippen molar-refractivity contribution < 1.29 is 14.3 Å². The van der Waals surface area contributed by atoms with Crippen molar-refractivity contribution in [1.82, 2.24) is 0 Å². The lowest BCUT2D eigenvalue weighted by Crippen LogP contribution is -2.14. The topological polar surface area (TPSA) is 61.5 Å². The van der Waals surface area contributed by atoms with Gasteiger partial charge in [0.15, 0.2) is 6.61 Å². The van der Waals surface area contributed by atoms with Crippen LogP contribution in [0.2, 0.25) is 5.02 Å². The number of halogens is 1. The minimum absolute atomic E-state index is 0.155. The molecule has 0 saturated carbocycles. The third-order valence-electron chi connectivity index (χ3n) is 1.61. The summed E-state index contributed by atoms with van der Waals surface area (Å²) in [5.74, 6) is -0.00990. The van der Waals surface area contributed by atoms with Gasteiger partial charge in [-0.05, 0) is 25.1 Å². The highest BCUT2D eigenvalue weighted by Crippen LogP contribution is 2.26. The van der Waals surface area contributed by atoms with Crippen LogP contribution in [0.15, 0.2) is 18.2 Å². The Morgan fingerprint density at radius 3 is 2.87 bits per heavy atom. The highest BCUT2D eigenvalue weighted by atomic mass is 35.5. The van der Waals surface area contributed by atoms with Crippen molar-refractivity contribution in [1.29, 1.82) is 0 Å². The van der Waals surface area contributed by atoms with E-state index in [0.29, 0.717) is 23.1 Å². The third kappa shape index (κ3) is 3.67. The first-order valence-corrected chi connectivity index (χ1v) is 4.84. The van der Waals surface area contributed by atoms with Crippen molar-refractivity contribution in [3.63, 3.8) is 0 Å². The second-order valence-electron chi connectivity index (χ2n) is 2.78. The van der Waals surface area contributed by atoms with Crippen molar-refractivity contribution >= 4 is 23.3 Å². The number of nitrogens with two attached hydrogens (primary N) is 1. The summed E-state index contributed by atoms with van der Waals surface area (Å²) in [6.07, 6.45) is 0. The van der Waals surface area contributed by atoms with Gasteiger partial charge in [0.1, 0.15) is 5.75 Å². The molecule has 0 radical (unpaired) electrons. The number of hydrogen-bond donors (Lipinski definition) is 1. The number of carbonyl (C=O) groups is 1. The van der Waals surface area contributed by atoms with E-state index in [0.717, 1.165) is 0 Å². The monoisotopic (exact) mass is 229 g/mol. The number of anilines is 1. The van der Waals surface area contributed by atoms with Crippen molar-refractivity contribution in [2.24, 2.45) is 0 Å². The Morgan fingerprint density at radius 1 is 1.53 bits per heavy atom. The van der Waals surface area contributed by atoms with E-state index >= 15 is 0 Å². The molecule has 0 saturated heterocycles. The summed E-state index contributed by atoms with van der Waals surface area (Å²) in [7, 11) is 0. The number of nitrogen functional groups attached to an aromatic ring is 1. The lowest BCUT2D eigenvalue weighted by atomic mass is 10.3.